The molecule has 0 amide bonds. The molecule has 5 heteroatoms. The van der Waals surface area contributed by atoms with Gasteiger partial charge in [0.1, 0.15) is 6.54 Å². The number of rotatable bonds is 3. The third-order valence-electron chi connectivity index (χ3n) is 0.485. The summed E-state index contributed by atoms with van der Waals surface area (Å²) in [6.07, 6.45) is 2.44. The van der Waals surface area contributed by atoms with E-state index in [-0.39, 0.29) is 6.54 Å². The molecular weight excluding hydrogens is 122 g/mol. The van der Waals surface area contributed by atoms with Crippen molar-refractivity contribution in [1.29, 1.82) is 0 Å². The highest BCUT2D eigenvalue weighted by Crippen LogP contribution is 1.64. The second-order valence-electron chi connectivity index (χ2n) is 1.18. The van der Waals surface area contributed by atoms with Crippen LogP contribution >= 0.6 is 0 Å². The molecule has 0 unspecified atom stereocenters. The van der Waals surface area contributed by atoms with E-state index in [4.69, 9.17) is 5.11 Å². The van der Waals surface area contributed by atoms with Crippen molar-refractivity contribution in [3.05, 3.63) is 0 Å². The van der Waals surface area contributed by atoms with Crippen molar-refractivity contribution in [2.75, 3.05) is 6.54 Å². The predicted molar refractivity (Wildman–Crippen MR) is 33.7 cm³/mol. The fourth-order valence-electron chi connectivity index (χ4n) is 0.216. The van der Waals surface area contributed by atoms with Crippen LogP contribution in [-0.4, -0.2) is 30.0 Å². The lowest BCUT2D eigenvalue weighted by Crippen LogP contribution is -1.99. The summed E-state index contributed by atoms with van der Waals surface area (Å²) in [4.78, 5) is 13.2. The zero-order valence-corrected chi connectivity index (χ0v) is 4.69. The summed E-state index contributed by atoms with van der Waals surface area (Å²) in [7, 11) is 0. The third-order valence-corrected chi connectivity index (χ3v) is 0.485. The van der Waals surface area contributed by atoms with Crippen LogP contribution in [0.15, 0.2) is 10.1 Å². The average Bonchev–Trinajstić information content (AvgIpc) is 1.80. The zero-order valence-electron chi connectivity index (χ0n) is 4.69. The predicted octanol–water partition coefficient (Wildman–Crippen LogP) is -0.914. The fourth-order valence-corrected chi connectivity index (χ4v) is 0.216. The average molecular weight is 129 g/mol. The number of hydrogen-bond acceptors (Lipinski definition) is 4. The number of nitrogens with two attached hydrogens (primary N) is 1. The molecule has 0 aliphatic carbocycles. The lowest BCUT2D eigenvalue weighted by atomic mass is 10.7. The van der Waals surface area contributed by atoms with Gasteiger partial charge in [0.25, 0.3) is 0 Å². The normalized spacial score (nSPS) is 11.1. The summed E-state index contributed by atoms with van der Waals surface area (Å²) >= 11 is 0. The second kappa shape index (κ2) is 4.76. The summed E-state index contributed by atoms with van der Waals surface area (Å²) in [6, 6.07) is 0. The Morgan fingerprint density at radius 2 is 2.33 bits per heavy atom. The van der Waals surface area contributed by atoms with Crippen LogP contribution in [0, 0.1) is 0 Å². The molecule has 0 rings (SSSR count). The first-order valence-electron chi connectivity index (χ1n) is 2.21. The Labute approximate surface area is 51.9 Å². The molecule has 0 bridgehead atoms. The van der Waals surface area contributed by atoms with Crippen LogP contribution in [0.5, 0.6) is 0 Å². The lowest BCUT2D eigenvalue weighted by molar-refractivity contribution is -0.135. The molecule has 0 saturated carbocycles. The highest BCUT2D eigenvalue weighted by atomic mass is 16.4. The van der Waals surface area contributed by atoms with Gasteiger partial charge in [0.15, 0.2) is 0 Å². The van der Waals surface area contributed by atoms with E-state index in [0.29, 0.717) is 0 Å². The van der Waals surface area contributed by atoms with E-state index in [2.05, 4.69) is 15.9 Å². The maximum atomic E-state index is 9.77. The van der Waals surface area contributed by atoms with Crippen molar-refractivity contribution in [3.63, 3.8) is 0 Å². The maximum absolute atomic E-state index is 9.77. The Balaban J connectivity index is 3.36. The molecule has 0 aromatic carbocycles. The van der Waals surface area contributed by atoms with Crippen LogP contribution in [-0.2, 0) is 4.79 Å². The summed E-state index contributed by atoms with van der Waals surface area (Å²) in [6.45, 7) is -0.244. The van der Waals surface area contributed by atoms with Crippen molar-refractivity contribution in [2.24, 2.45) is 15.9 Å². The molecule has 0 spiro atoms. The Hall–Kier alpha value is -1.39. The van der Waals surface area contributed by atoms with Crippen LogP contribution in [0.2, 0.25) is 0 Å². The Morgan fingerprint density at radius 1 is 1.67 bits per heavy atom. The topological polar surface area (TPSA) is 88.0 Å². The monoisotopic (exact) mass is 129 g/mol. The molecule has 0 radical (unpaired) electrons. The van der Waals surface area contributed by atoms with E-state index in [9.17, 15) is 4.79 Å². The van der Waals surface area contributed by atoms with Crippen LogP contribution in [0.25, 0.3) is 0 Å². The number of hydrazone groups is 1. The minimum absolute atomic E-state index is 0.244. The molecule has 50 valence electrons. The van der Waals surface area contributed by atoms with Gasteiger partial charge in [0.2, 0.25) is 0 Å². The van der Waals surface area contributed by atoms with Gasteiger partial charge in [0, 0.05) is 6.21 Å². The van der Waals surface area contributed by atoms with Gasteiger partial charge in [0.05, 0.1) is 6.21 Å². The lowest BCUT2D eigenvalue weighted by Gasteiger charge is -1.79. The van der Waals surface area contributed by atoms with Crippen LogP contribution in [0.3, 0.4) is 0 Å². The van der Waals surface area contributed by atoms with Crippen molar-refractivity contribution < 1.29 is 9.90 Å². The molecule has 5 nitrogen and oxygen atoms in total. The molecular formula is C4H7N3O2. The number of carboxylic acids is 1. The van der Waals surface area contributed by atoms with Gasteiger partial charge < -0.3 is 10.9 Å². The van der Waals surface area contributed by atoms with Crippen LogP contribution in [0.4, 0.5) is 0 Å². The van der Waals surface area contributed by atoms with Gasteiger partial charge in [-0.05, 0) is 0 Å². The number of nitrogens with zero attached hydrogens (tertiary/aromatic N) is 2. The van der Waals surface area contributed by atoms with E-state index in [1.165, 1.54) is 12.4 Å². The number of carbonyl (C=O) groups is 1. The molecule has 3 N–H and O–H groups in total. The van der Waals surface area contributed by atoms with Gasteiger partial charge in [-0.2, -0.15) is 5.10 Å². The standard InChI is InChI=1S/C4H7N3O2/c5-7-2-1-6-3-4(8)9/h1-2H,3,5H2,(H,8,9). The summed E-state index contributed by atoms with van der Waals surface area (Å²) in [5, 5.41) is 11.1. The highest BCUT2D eigenvalue weighted by Gasteiger charge is 1.87. The van der Waals surface area contributed by atoms with Gasteiger partial charge in [-0.1, -0.05) is 0 Å². The van der Waals surface area contributed by atoms with Gasteiger partial charge in [-0.3, -0.25) is 9.79 Å². The molecule has 0 aliphatic heterocycles. The van der Waals surface area contributed by atoms with E-state index >= 15 is 0 Å². The summed E-state index contributed by atoms with van der Waals surface area (Å²) in [5.41, 5.74) is 0. The molecule has 0 aliphatic rings. The largest absolute Gasteiger partial charge is 0.480 e. The molecule has 0 aromatic rings. The van der Waals surface area contributed by atoms with Crippen molar-refractivity contribution >= 4 is 18.4 Å². The second-order valence-corrected chi connectivity index (χ2v) is 1.18. The molecule has 0 aromatic heterocycles. The fraction of sp³-hybridized carbons (Fsp3) is 0.250. The number of aliphatic carboxylic acids is 1. The third kappa shape index (κ3) is 6.61. The Bertz CT molecular complexity index is 141. The maximum Gasteiger partial charge on any atom is 0.325 e. The van der Waals surface area contributed by atoms with Crippen LogP contribution < -0.4 is 5.84 Å². The first-order chi connectivity index (χ1) is 4.27. The first kappa shape index (κ1) is 7.61. The Kier molecular flexibility index (Phi) is 4.03. The van der Waals surface area contributed by atoms with Crippen molar-refractivity contribution in [1.82, 2.24) is 0 Å². The minimum atomic E-state index is -0.975. The molecule has 0 fully saturated rings. The van der Waals surface area contributed by atoms with E-state index in [1.807, 2.05) is 0 Å². The van der Waals surface area contributed by atoms with E-state index in [1.54, 1.807) is 0 Å². The summed E-state index contributed by atoms with van der Waals surface area (Å²) in [5.74, 6) is 3.70. The molecule has 0 saturated heterocycles. The zero-order chi connectivity index (χ0) is 7.11. The van der Waals surface area contributed by atoms with Crippen molar-refractivity contribution in [3.8, 4) is 0 Å². The quantitative estimate of drug-likeness (QED) is 0.293. The molecule has 9 heavy (non-hydrogen) atoms. The van der Waals surface area contributed by atoms with E-state index < -0.39 is 5.97 Å². The molecule has 0 atom stereocenters. The molecule has 0 heterocycles. The number of aliphatic imine (C=N–C) groups is 1. The van der Waals surface area contributed by atoms with Crippen LogP contribution in [0.1, 0.15) is 0 Å². The first-order valence-corrected chi connectivity index (χ1v) is 2.21. The van der Waals surface area contributed by atoms with Gasteiger partial charge in [-0.25, -0.2) is 0 Å². The smallest absolute Gasteiger partial charge is 0.325 e. The highest BCUT2D eigenvalue weighted by molar-refractivity contribution is 6.16. The van der Waals surface area contributed by atoms with Gasteiger partial charge in [-0.15, -0.1) is 0 Å². The van der Waals surface area contributed by atoms with Crippen molar-refractivity contribution in [2.45, 2.75) is 0 Å². The summed E-state index contributed by atoms with van der Waals surface area (Å²) < 4.78 is 0. The number of hydrogen-bond donors (Lipinski definition) is 2. The van der Waals surface area contributed by atoms with Gasteiger partial charge >= 0.3 is 5.97 Å². The van der Waals surface area contributed by atoms with E-state index in [0.717, 1.165) is 0 Å². The Morgan fingerprint density at radius 3 is 2.78 bits per heavy atom. The minimum Gasteiger partial charge on any atom is -0.480 e. The number of carboxylic acid groups (broad SMARTS) is 1. The SMILES string of the molecule is NN=CC=NCC(=O)O.